The first kappa shape index (κ1) is 9.64. The number of hydrogen-bond acceptors (Lipinski definition) is 4. The molecular weight excluding hydrogens is 168 g/mol. The molecule has 0 amide bonds. The minimum Gasteiger partial charge on any atom is -0.465 e. The van der Waals surface area contributed by atoms with Gasteiger partial charge in [-0.15, -0.1) is 0 Å². The molecule has 4 heteroatoms. The van der Waals surface area contributed by atoms with Crippen molar-refractivity contribution in [3.05, 3.63) is 23.0 Å². The van der Waals surface area contributed by atoms with E-state index >= 15 is 0 Å². The summed E-state index contributed by atoms with van der Waals surface area (Å²) >= 11 is 0. The van der Waals surface area contributed by atoms with Crippen molar-refractivity contribution in [1.82, 2.24) is 10.2 Å². The maximum atomic E-state index is 11.3. The second-order valence-electron chi connectivity index (χ2n) is 2.69. The molecule has 1 heterocycles. The summed E-state index contributed by atoms with van der Waals surface area (Å²) in [6.07, 6.45) is 0.678. The lowest BCUT2D eigenvalue weighted by atomic mass is 10.1. The van der Waals surface area contributed by atoms with E-state index in [1.54, 1.807) is 13.0 Å². The molecule has 1 rings (SSSR count). The van der Waals surface area contributed by atoms with Crippen LogP contribution in [-0.2, 0) is 11.2 Å². The molecule has 0 fully saturated rings. The van der Waals surface area contributed by atoms with Crippen LogP contribution < -0.4 is 0 Å². The van der Waals surface area contributed by atoms with Gasteiger partial charge >= 0.3 is 5.97 Å². The van der Waals surface area contributed by atoms with Gasteiger partial charge in [0, 0.05) is 0 Å². The van der Waals surface area contributed by atoms with Crippen molar-refractivity contribution >= 4 is 5.97 Å². The van der Waals surface area contributed by atoms with E-state index in [1.807, 2.05) is 6.92 Å². The van der Waals surface area contributed by atoms with E-state index in [0.29, 0.717) is 17.7 Å². The van der Waals surface area contributed by atoms with Crippen LogP contribution in [0.4, 0.5) is 0 Å². The molecule has 0 aromatic carbocycles. The Hall–Kier alpha value is -1.45. The van der Waals surface area contributed by atoms with Crippen molar-refractivity contribution in [2.75, 3.05) is 7.11 Å². The highest BCUT2D eigenvalue weighted by atomic mass is 16.5. The maximum absolute atomic E-state index is 11.3. The number of rotatable bonds is 2. The molecule has 0 saturated carbocycles. The van der Waals surface area contributed by atoms with Crippen LogP contribution in [0.2, 0.25) is 0 Å². The number of aromatic nitrogens is 2. The van der Waals surface area contributed by atoms with Crippen LogP contribution >= 0.6 is 0 Å². The highest BCUT2D eigenvalue weighted by Gasteiger charge is 2.12. The molecule has 0 saturated heterocycles. The van der Waals surface area contributed by atoms with Gasteiger partial charge in [-0.3, -0.25) is 0 Å². The van der Waals surface area contributed by atoms with Gasteiger partial charge in [0.25, 0.3) is 0 Å². The quantitative estimate of drug-likeness (QED) is 0.640. The fourth-order valence-corrected chi connectivity index (χ4v) is 1.06. The van der Waals surface area contributed by atoms with Crippen LogP contribution in [0, 0.1) is 6.92 Å². The van der Waals surface area contributed by atoms with Crippen LogP contribution in [-0.4, -0.2) is 23.3 Å². The Morgan fingerprint density at radius 3 is 2.77 bits per heavy atom. The van der Waals surface area contributed by atoms with Gasteiger partial charge < -0.3 is 4.74 Å². The van der Waals surface area contributed by atoms with Crippen LogP contribution in [0.3, 0.4) is 0 Å². The Morgan fingerprint density at radius 2 is 2.23 bits per heavy atom. The molecule has 0 aliphatic heterocycles. The smallest absolute Gasteiger partial charge is 0.339 e. The molecule has 4 nitrogen and oxygen atoms in total. The second kappa shape index (κ2) is 3.98. The summed E-state index contributed by atoms with van der Waals surface area (Å²) in [5, 5.41) is 7.78. The van der Waals surface area contributed by atoms with Gasteiger partial charge in [0.05, 0.1) is 24.1 Å². The summed E-state index contributed by atoms with van der Waals surface area (Å²) in [7, 11) is 1.36. The fourth-order valence-electron chi connectivity index (χ4n) is 1.06. The first-order valence-electron chi connectivity index (χ1n) is 4.10. The molecule has 0 radical (unpaired) electrons. The standard InChI is InChI=1S/C9H12N2O2/c1-4-8-7(9(12)13-3)5-6(2)10-11-8/h5H,4H2,1-3H3. The minimum absolute atomic E-state index is 0.352. The highest BCUT2D eigenvalue weighted by molar-refractivity contribution is 5.90. The molecular formula is C9H12N2O2. The topological polar surface area (TPSA) is 52.1 Å². The molecule has 0 atom stereocenters. The lowest BCUT2D eigenvalue weighted by molar-refractivity contribution is 0.0598. The van der Waals surface area contributed by atoms with E-state index < -0.39 is 0 Å². The zero-order valence-electron chi connectivity index (χ0n) is 8.00. The van der Waals surface area contributed by atoms with Gasteiger partial charge in [0.15, 0.2) is 0 Å². The van der Waals surface area contributed by atoms with Crippen molar-refractivity contribution in [1.29, 1.82) is 0 Å². The monoisotopic (exact) mass is 180 g/mol. The second-order valence-corrected chi connectivity index (χ2v) is 2.69. The van der Waals surface area contributed by atoms with Gasteiger partial charge in [-0.2, -0.15) is 10.2 Å². The Balaban J connectivity index is 3.15. The molecule has 0 aliphatic rings. The van der Waals surface area contributed by atoms with Gasteiger partial charge in [-0.05, 0) is 19.4 Å². The number of ether oxygens (including phenoxy) is 1. The number of nitrogens with zero attached hydrogens (tertiary/aromatic N) is 2. The lowest BCUT2D eigenvalue weighted by Crippen LogP contribution is -2.09. The average Bonchev–Trinajstić information content (AvgIpc) is 2.16. The molecule has 0 bridgehead atoms. The summed E-state index contributed by atoms with van der Waals surface area (Å²) in [6, 6.07) is 1.69. The first-order valence-corrected chi connectivity index (χ1v) is 4.10. The van der Waals surface area contributed by atoms with E-state index in [1.165, 1.54) is 7.11 Å². The van der Waals surface area contributed by atoms with Crippen LogP contribution in [0.1, 0.15) is 28.7 Å². The fraction of sp³-hybridized carbons (Fsp3) is 0.444. The largest absolute Gasteiger partial charge is 0.465 e. The first-order chi connectivity index (χ1) is 6.19. The molecule has 13 heavy (non-hydrogen) atoms. The van der Waals surface area contributed by atoms with E-state index in [9.17, 15) is 4.79 Å². The third-order valence-electron chi connectivity index (χ3n) is 1.73. The van der Waals surface area contributed by atoms with Crippen LogP contribution in [0.25, 0.3) is 0 Å². The summed E-state index contributed by atoms with van der Waals surface area (Å²) in [5.74, 6) is -0.352. The van der Waals surface area contributed by atoms with Crippen molar-refractivity contribution in [2.24, 2.45) is 0 Å². The third-order valence-corrected chi connectivity index (χ3v) is 1.73. The van der Waals surface area contributed by atoms with Crippen molar-refractivity contribution < 1.29 is 9.53 Å². The van der Waals surface area contributed by atoms with Gasteiger partial charge in [0.1, 0.15) is 0 Å². The zero-order valence-corrected chi connectivity index (χ0v) is 8.00. The molecule has 1 aromatic rings. The molecule has 0 spiro atoms. The van der Waals surface area contributed by atoms with Crippen molar-refractivity contribution in [2.45, 2.75) is 20.3 Å². The summed E-state index contributed by atoms with van der Waals surface area (Å²) in [4.78, 5) is 11.3. The third kappa shape index (κ3) is 2.02. The Bertz CT molecular complexity index is 323. The Labute approximate surface area is 76.9 Å². The normalized spacial score (nSPS) is 9.77. The van der Waals surface area contributed by atoms with Crippen molar-refractivity contribution in [3.8, 4) is 0 Å². The van der Waals surface area contributed by atoms with Gasteiger partial charge in [-0.25, -0.2) is 4.79 Å². The number of methoxy groups -OCH3 is 1. The number of esters is 1. The van der Waals surface area contributed by atoms with Crippen LogP contribution in [0.5, 0.6) is 0 Å². The van der Waals surface area contributed by atoms with E-state index in [-0.39, 0.29) is 5.97 Å². The predicted molar refractivity (Wildman–Crippen MR) is 47.5 cm³/mol. The predicted octanol–water partition coefficient (Wildman–Crippen LogP) is 1.13. The Kier molecular flexibility index (Phi) is 2.95. The van der Waals surface area contributed by atoms with E-state index in [4.69, 9.17) is 0 Å². The summed E-state index contributed by atoms with van der Waals surface area (Å²) in [5.41, 5.74) is 1.91. The summed E-state index contributed by atoms with van der Waals surface area (Å²) in [6.45, 7) is 3.71. The van der Waals surface area contributed by atoms with Gasteiger partial charge in [-0.1, -0.05) is 6.92 Å². The number of carbonyl (C=O) groups is 1. The number of aryl methyl sites for hydroxylation is 2. The average molecular weight is 180 g/mol. The number of carbonyl (C=O) groups excluding carboxylic acids is 1. The van der Waals surface area contributed by atoms with Gasteiger partial charge in [0.2, 0.25) is 0 Å². The SMILES string of the molecule is CCc1nnc(C)cc1C(=O)OC. The van der Waals surface area contributed by atoms with Crippen LogP contribution in [0.15, 0.2) is 6.07 Å². The maximum Gasteiger partial charge on any atom is 0.339 e. The van der Waals surface area contributed by atoms with Crippen molar-refractivity contribution in [3.63, 3.8) is 0 Å². The molecule has 0 N–H and O–H groups in total. The number of hydrogen-bond donors (Lipinski definition) is 0. The zero-order chi connectivity index (χ0) is 9.84. The van der Waals surface area contributed by atoms with E-state index in [0.717, 1.165) is 5.69 Å². The molecule has 0 unspecified atom stereocenters. The lowest BCUT2D eigenvalue weighted by Gasteiger charge is -2.03. The minimum atomic E-state index is -0.352. The molecule has 70 valence electrons. The Morgan fingerprint density at radius 1 is 1.54 bits per heavy atom. The molecule has 0 aliphatic carbocycles. The van der Waals surface area contributed by atoms with E-state index in [2.05, 4.69) is 14.9 Å². The summed E-state index contributed by atoms with van der Waals surface area (Å²) < 4.78 is 4.63. The highest BCUT2D eigenvalue weighted by Crippen LogP contribution is 2.08. The molecule has 1 aromatic heterocycles.